The second-order valence-corrected chi connectivity index (χ2v) is 7.60. The van der Waals surface area contributed by atoms with Crippen LogP contribution >= 0.6 is 12.4 Å². The Hall–Kier alpha value is -1.55. The summed E-state index contributed by atoms with van der Waals surface area (Å²) in [6.07, 6.45) is 4.20. The molecule has 1 N–H and O–H groups in total. The molecule has 1 aliphatic rings. The molecule has 2 unspecified atom stereocenters. The van der Waals surface area contributed by atoms with Crippen LogP contribution < -0.4 is 4.74 Å². The maximum atomic E-state index is 12.0. The summed E-state index contributed by atoms with van der Waals surface area (Å²) < 4.78 is 5.60. The zero-order chi connectivity index (χ0) is 19.1. The van der Waals surface area contributed by atoms with Gasteiger partial charge in [-0.1, -0.05) is 55.8 Å². The first kappa shape index (κ1) is 22.7. The van der Waals surface area contributed by atoms with Gasteiger partial charge in [0.05, 0.1) is 12.2 Å². The molecule has 0 aromatic heterocycles. The van der Waals surface area contributed by atoms with Crippen LogP contribution in [-0.4, -0.2) is 36.2 Å². The first-order valence-electron chi connectivity index (χ1n) is 10.4. The van der Waals surface area contributed by atoms with Crippen molar-refractivity contribution in [2.45, 2.75) is 51.0 Å². The van der Waals surface area contributed by atoms with Crippen LogP contribution in [0, 0.1) is 0 Å². The van der Waals surface area contributed by atoms with E-state index in [2.05, 4.69) is 36.1 Å². The minimum atomic E-state index is -0.885. The molecule has 3 nitrogen and oxygen atoms in total. The molecule has 2 atom stereocenters. The molecule has 28 heavy (non-hydrogen) atoms. The number of benzene rings is 2. The Morgan fingerprint density at radius 2 is 1.64 bits per heavy atom. The van der Waals surface area contributed by atoms with Crippen LogP contribution in [0.2, 0.25) is 0 Å². The molecule has 154 valence electrons. The highest BCUT2D eigenvalue weighted by molar-refractivity contribution is 5.85. The zero-order valence-electron chi connectivity index (χ0n) is 17.1. The van der Waals surface area contributed by atoms with E-state index in [1.807, 2.05) is 37.3 Å². The fourth-order valence-electron chi connectivity index (χ4n) is 4.35. The molecule has 4 heteroatoms. The Bertz CT molecular complexity index is 686. The fourth-order valence-corrected chi connectivity index (χ4v) is 4.35. The first-order valence-corrected chi connectivity index (χ1v) is 10.4. The molecule has 3 rings (SSSR count). The Morgan fingerprint density at radius 3 is 2.21 bits per heavy atom. The van der Waals surface area contributed by atoms with Crippen molar-refractivity contribution < 1.29 is 9.84 Å². The average Bonchev–Trinajstić information content (AvgIpc) is 3.21. The second-order valence-electron chi connectivity index (χ2n) is 7.60. The minimum absolute atomic E-state index is 0. The van der Waals surface area contributed by atoms with Crippen molar-refractivity contribution in [1.29, 1.82) is 0 Å². The Morgan fingerprint density at radius 1 is 1.00 bits per heavy atom. The van der Waals surface area contributed by atoms with E-state index in [9.17, 15) is 5.11 Å². The lowest BCUT2D eigenvalue weighted by Crippen LogP contribution is -2.40. The summed E-state index contributed by atoms with van der Waals surface area (Å²) in [5, 5.41) is 12.0. The maximum absolute atomic E-state index is 12.0. The Kier molecular flexibility index (Phi) is 8.81. The number of aliphatic hydroxyl groups is 1. The molecule has 0 aliphatic carbocycles. The molecule has 2 aromatic carbocycles. The summed E-state index contributed by atoms with van der Waals surface area (Å²) in [5.41, 5.74) is 1.32. The van der Waals surface area contributed by atoms with E-state index in [1.54, 1.807) is 0 Å². The normalized spacial score (nSPS) is 17.5. The van der Waals surface area contributed by atoms with Gasteiger partial charge in [0.1, 0.15) is 5.75 Å². The van der Waals surface area contributed by atoms with Crippen molar-refractivity contribution in [2.24, 2.45) is 0 Å². The van der Waals surface area contributed by atoms with E-state index in [-0.39, 0.29) is 18.3 Å². The second kappa shape index (κ2) is 10.8. The van der Waals surface area contributed by atoms with Crippen LogP contribution in [-0.2, 0) is 5.60 Å². The summed E-state index contributed by atoms with van der Waals surface area (Å²) >= 11 is 0. The number of hydrogen-bond donors (Lipinski definition) is 1. The van der Waals surface area contributed by atoms with E-state index < -0.39 is 5.60 Å². The highest BCUT2D eigenvalue weighted by atomic mass is 35.5. The molecule has 1 heterocycles. The van der Waals surface area contributed by atoms with Gasteiger partial charge >= 0.3 is 0 Å². The third kappa shape index (κ3) is 5.28. The summed E-state index contributed by atoms with van der Waals surface area (Å²) in [4.78, 5) is 2.51. The van der Waals surface area contributed by atoms with Gasteiger partial charge in [0, 0.05) is 12.5 Å². The van der Waals surface area contributed by atoms with Crippen molar-refractivity contribution in [2.75, 3.05) is 26.2 Å². The topological polar surface area (TPSA) is 32.7 Å². The van der Waals surface area contributed by atoms with Gasteiger partial charge in [-0.3, -0.25) is 0 Å². The molecule has 0 amide bonds. The lowest BCUT2D eigenvalue weighted by Gasteiger charge is -2.39. The number of nitrogens with zero attached hydrogens (tertiary/aromatic N) is 1. The van der Waals surface area contributed by atoms with Gasteiger partial charge in [-0.15, -0.1) is 12.4 Å². The van der Waals surface area contributed by atoms with Crippen LogP contribution in [0.15, 0.2) is 54.6 Å². The summed E-state index contributed by atoms with van der Waals surface area (Å²) in [6.45, 7) is 7.96. The van der Waals surface area contributed by atoms with E-state index in [0.29, 0.717) is 6.61 Å². The van der Waals surface area contributed by atoms with E-state index in [0.717, 1.165) is 43.8 Å². The van der Waals surface area contributed by atoms with E-state index in [1.165, 1.54) is 18.4 Å². The van der Waals surface area contributed by atoms with Crippen LogP contribution in [0.4, 0.5) is 0 Å². The van der Waals surface area contributed by atoms with Crippen molar-refractivity contribution >= 4 is 12.4 Å². The minimum Gasteiger partial charge on any atom is -0.494 e. The SMILES string of the molecule is CCCC(O)(c1ccc(OCC)cc1)C(CN1CCCC1)c1ccccc1.Cl. The van der Waals surface area contributed by atoms with E-state index in [4.69, 9.17) is 4.74 Å². The van der Waals surface area contributed by atoms with Gasteiger partial charge in [-0.25, -0.2) is 0 Å². The lowest BCUT2D eigenvalue weighted by atomic mass is 9.74. The van der Waals surface area contributed by atoms with Gasteiger partial charge in [0.15, 0.2) is 0 Å². The quantitative estimate of drug-likeness (QED) is 0.610. The molecule has 0 bridgehead atoms. The van der Waals surface area contributed by atoms with Crippen molar-refractivity contribution in [1.82, 2.24) is 4.90 Å². The standard InChI is InChI=1S/C24H33NO2.ClH/c1-3-16-24(26,21-12-14-22(15-13-21)27-4-2)23(19-25-17-8-9-18-25)20-10-6-5-7-11-20;/h5-7,10-15,23,26H,3-4,8-9,16-19H2,1-2H3;1H. The first-order chi connectivity index (χ1) is 13.2. The van der Waals surface area contributed by atoms with Crippen LogP contribution in [0.25, 0.3) is 0 Å². The molecule has 2 aromatic rings. The van der Waals surface area contributed by atoms with Crippen LogP contribution in [0.3, 0.4) is 0 Å². The monoisotopic (exact) mass is 403 g/mol. The lowest BCUT2D eigenvalue weighted by molar-refractivity contribution is -0.0117. The number of ether oxygens (including phenoxy) is 1. The summed E-state index contributed by atoms with van der Waals surface area (Å²) in [7, 11) is 0. The van der Waals surface area contributed by atoms with Gasteiger partial charge in [-0.2, -0.15) is 0 Å². The third-order valence-corrected chi connectivity index (χ3v) is 5.71. The number of rotatable bonds is 9. The maximum Gasteiger partial charge on any atom is 0.119 e. The highest BCUT2D eigenvalue weighted by Crippen LogP contribution is 2.42. The molecular weight excluding hydrogens is 370 g/mol. The summed E-state index contributed by atoms with van der Waals surface area (Å²) in [5.74, 6) is 0.908. The molecule has 1 aliphatic heterocycles. The van der Waals surface area contributed by atoms with Gasteiger partial charge in [-0.05, 0) is 62.5 Å². The largest absolute Gasteiger partial charge is 0.494 e. The van der Waals surface area contributed by atoms with E-state index >= 15 is 0 Å². The molecule has 1 saturated heterocycles. The predicted octanol–water partition coefficient (Wildman–Crippen LogP) is 5.37. The van der Waals surface area contributed by atoms with Gasteiger partial charge in [0.25, 0.3) is 0 Å². The molecule has 1 fully saturated rings. The van der Waals surface area contributed by atoms with Crippen molar-refractivity contribution in [3.63, 3.8) is 0 Å². The molecular formula is C24H34ClNO2. The number of halogens is 1. The van der Waals surface area contributed by atoms with Crippen LogP contribution in [0.5, 0.6) is 5.75 Å². The molecule has 0 radical (unpaired) electrons. The highest BCUT2D eigenvalue weighted by Gasteiger charge is 2.39. The third-order valence-electron chi connectivity index (χ3n) is 5.71. The smallest absolute Gasteiger partial charge is 0.119 e. The van der Waals surface area contributed by atoms with Crippen molar-refractivity contribution in [3.8, 4) is 5.75 Å². The Labute approximate surface area is 176 Å². The fraction of sp³-hybridized carbons (Fsp3) is 0.500. The summed E-state index contributed by atoms with van der Waals surface area (Å²) in [6, 6.07) is 18.6. The van der Waals surface area contributed by atoms with Crippen LogP contribution in [0.1, 0.15) is 56.6 Å². The van der Waals surface area contributed by atoms with Gasteiger partial charge in [0.2, 0.25) is 0 Å². The number of likely N-dealkylation sites (tertiary alicyclic amines) is 1. The van der Waals surface area contributed by atoms with Crippen molar-refractivity contribution in [3.05, 3.63) is 65.7 Å². The zero-order valence-corrected chi connectivity index (χ0v) is 18.0. The van der Waals surface area contributed by atoms with Gasteiger partial charge < -0.3 is 14.7 Å². The number of hydrogen-bond acceptors (Lipinski definition) is 3. The Balaban J connectivity index is 0.00000280. The predicted molar refractivity (Wildman–Crippen MR) is 119 cm³/mol. The molecule has 0 spiro atoms. The average molecular weight is 404 g/mol. The molecule has 0 saturated carbocycles.